The zero-order valence-electron chi connectivity index (χ0n) is 14.3. The Morgan fingerprint density at radius 3 is 2.32 bits per heavy atom. The molecule has 0 fully saturated rings. The molecule has 0 saturated carbocycles. The number of rotatable bonds is 6. The van der Waals surface area contributed by atoms with Crippen LogP contribution in [-0.2, 0) is 0 Å². The van der Waals surface area contributed by atoms with Gasteiger partial charge in [0.15, 0.2) is 5.78 Å². The van der Waals surface area contributed by atoms with E-state index >= 15 is 0 Å². The molecule has 1 heterocycles. The van der Waals surface area contributed by atoms with E-state index in [4.69, 9.17) is 11.6 Å². The topological polar surface area (TPSA) is 20.3 Å². The van der Waals surface area contributed by atoms with Crippen molar-refractivity contribution in [3.8, 4) is 20.9 Å². The van der Waals surface area contributed by atoms with Crippen molar-refractivity contribution in [3.63, 3.8) is 0 Å². The van der Waals surface area contributed by atoms with E-state index in [1.54, 1.807) is 11.3 Å². The fraction of sp³-hybridized carbons (Fsp3) is 0.190. The molecule has 25 heavy (non-hydrogen) atoms. The van der Waals surface area contributed by atoms with E-state index in [0.29, 0.717) is 11.4 Å². The lowest BCUT2D eigenvalue weighted by molar-refractivity contribution is 0.0973. The van der Waals surface area contributed by atoms with Gasteiger partial charge in [-0.05, 0) is 43.4 Å². The minimum absolute atomic E-state index is 0.184. The van der Waals surface area contributed by atoms with Gasteiger partial charge in [0, 0.05) is 33.3 Å². The number of benzene rings is 2. The molecule has 1 aromatic heterocycles. The third-order valence-electron chi connectivity index (χ3n) is 3.98. The van der Waals surface area contributed by atoms with Crippen LogP contribution in [0.2, 0.25) is 5.02 Å². The van der Waals surface area contributed by atoms with E-state index in [2.05, 4.69) is 12.1 Å². The van der Waals surface area contributed by atoms with E-state index in [9.17, 15) is 4.79 Å². The molecule has 2 aromatic carbocycles. The van der Waals surface area contributed by atoms with Crippen LogP contribution in [0.1, 0.15) is 16.8 Å². The second-order valence-electron chi connectivity index (χ2n) is 6.20. The van der Waals surface area contributed by atoms with Crippen molar-refractivity contribution in [1.29, 1.82) is 0 Å². The summed E-state index contributed by atoms with van der Waals surface area (Å²) in [6.45, 7) is 0.749. The van der Waals surface area contributed by atoms with Crippen molar-refractivity contribution in [2.75, 3.05) is 20.6 Å². The molecule has 0 atom stereocenters. The van der Waals surface area contributed by atoms with Gasteiger partial charge in [0.05, 0.1) is 0 Å². The summed E-state index contributed by atoms with van der Waals surface area (Å²) in [5.41, 5.74) is 2.97. The highest BCUT2D eigenvalue weighted by Crippen LogP contribution is 2.39. The molecule has 0 unspecified atom stereocenters. The number of carbonyl (C=O) groups excluding carboxylic acids is 1. The number of ketones is 1. The molecule has 0 bridgehead atoms. The fourth-order valence-electron chi connectivity index (χ4n) is 2.62. The lowest BCUT2D eigenvalue weighted by Crippen LogP contribution is -2.16. The first-order valence-electron chi connectivity index (χ1n) is 8.17. The first-order valence-corrected chi connectivity index (χ1v) is 9.37. The zero-order valence-corrected chi connectivity index (χ0v) is 15.9. The molecular formula is C21H20ClNOS. The van der Waals surface area contributed by atoms with Crippen molar-refractivity contribution in [2.45, 2.75) is 6.42 Å². The first kappa shape index (κ1) is 17.9. The third-order valence-corrected chi connectivity index (χ3v) is 5.47. The number of thiophene rings is 1. The lowest BCUT2D eigenvalue weighted by Gasteiger charge is -2.08. The largest absolute Gasteiger partial charge is 0.309 e. The van der Waals surface area contributed by atoms with Crippen LogP contribution in [-0.4, -0.2) is 31.3 Å². The zero-order chi connectivity index (χ0) is 17.8. The van der Waals surface area contributed by atoms with Gasteiger partial charge in [-0.1, -0.05) is 54.1 Å². The van der Waals surface area contributed by atoms with E-state index in [1.807, 2.05) is 67.5 Å². The Labute approximate surface area is 157 Å². The highest BCUT2D eigenvalue weighted by atomic mass is 35.5. The van der Waals surface area contributed by atoms with Crippen LogP contribution in [0.3, 0.4) is 0 Å². The Bertz CT molecular complexity index is 853. The number of halogens is 1. The SMILES string of the molecule is CN(C)CCC(=O)c1cc(-c2ccc(Cl)cc2)sc1-c1ccccc1. The summed E-state index contributed by atoms with van der Waals surface area (Å²) in [5, 5.41) is 0.714. The predicted molar refractivity (Wildman–Crippen MR) is 108 cm³/mol. The van der Waals surface area contributed by atoms with Crippen LogP contribution >= 0.6 is 22.9 Å². The van der Waals surface area contributed by atoms with Crippen molar-refractivity contribution < 1.29 is 4.79 Å². The predicted octanol–water partition coefficient (Wildman–Crippen LogP) is 5.87. The Hall–Kier alpha value is -1.94. The minimum atomic E-state index is 0.184. The van der Waals surface area contributed by atoms with Crippen molar-refractivity contribution in [3.05, 3.63) is 71.2 Å². The van der Waals surface area contributed by atoms with Crippen LogP contribution in [0.5, 0.6) is 0 Å². The van der Waals surface area contributed by atoms with Gasteiger partial charge in [-0.25, -0.2) is 0 Å². The van der Waals surface area contributed by atoms with Crippen molar-refractivity contribution in [2.24, 2.45) is 0 Å². The molecule has 2 nitrogen and oxygen atoms in total. The normalized spacial score (nSPS) is 11.0. The Balaban J connectivity index is 2.02. The van der Waals surface area contributed by atoms with Crippen molar-refractivity contribution in [1.82, 2.24) is 4.90 Å². The van der Waals surface area contributed by atoms with Crippen LogP contribution in [0.4, 0.5) is 0 Å². The Morgan fingerprint density at radius 1 is 1.00 bits per heavy atom. The quantitative estimate of drug-likeness (QED) is 0.506. The second kappa shape index (κ2) is 7.96. The molecule has 0 spiro atoms. The maximum atomic E-state index is 12.8. The molecule has 4 heteroatoms. The molecule has 3 rings (SSSR count). The Morgan fingerprint density at radius 2 is 1.68 bits per heavy atom. The van der Waals surface area contributed by atoms with Gasteiger partial charge in [-0.3, -0.25) is 4.79 Å². The number of carbonyl (C=O) groups is 1. The second-order valence-corrected chi connectivity index (χ2v) is 7.69. The standard InChI is InChI=1S/C21H20ClNOS/c1-23(2)13-12-19(24)18-14-20(15-8-10-17(22)11-9-15)25-21(18)16-6-4-3-5-7-16/h3-11,14H,12-13H2,1-2H3. The van der Waals surface area contributed by atoms with E-state index in [0.717, 1.165) is 33.0 Å². The summed E-state index contributed by atoms with van der Waals surface area (Å²) in [4.78, 5) is 17.0. The molecular weight excluding hydrogens is 350 g/mol. The minimum Gasteiger partial charge on any atom is -0.309 e. The maximum absolute atomic E-state index is 12.8. The van der Waals surface area contributed by atoms with Gasteiger partial charge >= 0.3 is 0 Å². The number of hydrogen-bond donors (Lipinski definition) is 0. The molecule has 128 valence electrons. The molecule has 0 aliphatic heterocycles. The molecule has 0 radical (unpaired) electrons. The first-order chi connectivity index (χ1) is 12.0. The summed E-state index contributed by atoms with van der Waals surface area (Å²) in [7, 11) is 3.97. The molecule has 3 aromatic rings. The summed E-state index contributed by atoms with van der Waals surface area (Å²) in [5.74, 6) is 0.184. The summed E-state index contributed by atoms with van der Waals surface area (Å²) < 4.78 is 0. The summed E-state index contributed by atoms with van der Waals surface area (Å²) >= 11 is 7.65. The molecule has 0 aliphatic carbocycles. The summed E-state index contributed by atoms with van der Waals surface area (Å²) in [6, 6.07) is 19.9. The van der Waals surface area contributed by atoms with Gasteiger partial charge < -0.3 is 4.90 Å². The van der Waals surface area contributed by atoms with Crippen molar-refractivity contribution >= 4 is 28.7 Å². The number of Topliss-reactive ketones (excluding diaryl/α,β-unsaturated/α-hetero) is 1. The van der Waals surface area contributed by atoms with Crippen LogP contribution in [0.25, 0.3) is 20.9 Å². The van der Waals surface area contributed by atoms with E-state index < -0.39 is 0 Å². The number of nitrogens with zero attached hydrogens (tertiary/aromatic N) is 1. The van der Waals surface area contributed by atoms with E-state index in [-0.39, 0.29) is 5.78 Å². The van der Waals surface area contributed by atoms with Gasteiger partial charge in [0.2, 0.25) is 0 Å². The molecule has 0 amide bonds. The number of hydrogen-bond acceptors (Lipinski definition) is 3. The van der Waals surface area contributed by atoms with Gasteiger partial charge in [-0.15, -0.1) is 11.3 Å². The van der Waals surface area contributed by atoms with Crippen LogP contribution < -0.4 is 0 Å². The smallest absolute Gasteiger partial charge is 0.165 e. The van der Waals surface area contributed by atoms with Gasteiger partial charge in [0.25, 0.3) is 0 Å². The maximum Gasteiger partial charge on any atom is 0.165 e. The lowest BCUT2D eigenvalue weighted by atomic mass is 10.0. The monoisotopic (exact) mass is 369 g/mol. The molecule has 0 aliphatic rings. The molecule has 0 N–H and O–H groups in total. The third kappa shape index (κ3) is 4.37. The highest BCUT2D eigenvalue weighted by Gasteiger charge is 2.18. The van der Waals surface area contributed by atoms with Gasteiger partial charge in [0.1, 0.15) is 0 Å². The average Bonchev–Trinajstić information content (AvgIpc) is 3.06. The van der Waals surface area contributed by atoms with Crippen LogP contribution in [0, 0.1) is 0 Å². The van der Waals surface area contributed by atoms with E-state index in [1.165, 1.54) is 0 Å². The fourth-order valence-corrected chi connectivity index (χ4v) is 3.93. The Kier molecular flexibility index (Phi) is 5.69. The molecule has 0 saturated heterocycles. The van der Waals surface area contributed by atoms with Gasteiger partial charge in [-0.2, -0.15) is 0 Å². The average molecular weight is 370 g/mol. The highest BCUT2D eigenvalue weighted by molar-refractivity contribution is 7.19. The summed E-state index contributed by atoms with van der Waals surface area (Å²) in [6.07, 6.45) is 0.517. The van der Waals surface area contributed by atoms with Crippen LogP contribution in [0.15, 0.2) is 60.7 Å².